The second-order valence-corrected chi connectivity index (χ2v) is 5.30. The second-order valence-electron chi connectivity index (χ2n) is 4.48. The van der Waals surface area contributed by atoms with E-state index in [2.05, 4.69) is 0 Å². The van der Waals surface area contributed by atoms with Crippen LogP contribution in [0.5, 0.6) is 5.75 Å². The van der Waals surface area contributed by atoms with Gasteiger partial charge < -0.3 is 19.5 Å². The highest BCUT2D eigenvalue weighted by Gasteiger charge is 2.24. The van der Waals surface area contributed by atoms with Crippen LogP contribution in [0.25, 0.3) is 0 Å². The number of ether oxygens (including phenoxy) is 2. The number of rotatable bonds is 8. The van der Waals surface area contributed by atoms with Crippen molar-refractivity contribution in [3.05, 3.63) is 28.2 Å². The van der Waals surface area contributed by atoms with E-state index in [4.69, 9.17) is 37.8 Å². The van der Waals surface area contributed by atoms with E-state index in [1.807, 2.05) is 0 Å². The highest BCUT2D eigenvalue weighted by Crippen LogP contribution is 2.27. The lowest BCUT2D eigenvalue weighted by Crippen LogP contribution is -2.44. The van der Waals surface area contributed by atoms with Gasteiger partial charge >= 0.3 is 5.97 Å². The summed E-state index contributed by atoms with van der Waals surface area (Å²) >= 11 is 11.7. The van der Waals surface area contributed by atoms with E-state index in [1.165, 1.54) is 20.1 Å². The summed E-state index contributed by atoms with van der Waals surface area (Å²) in [4.78, 5) is 24.3. The number of benzene rings is 1. The number of hydrogen-bond donors (Lipinski definition) is 1. The lowest BCUT2D eigenvalue weighted by Gasteiger charge is -2.24. The Kier molecular flexibility index (Phi) is 7.44. The van der Waals surface area contributed by atoms with Gasteiger partial charge in [-0.15, -0.1) is 0 Å². The predicted octanol–water partition coefficient (Wildman–Crippen LogP) is 2.32. The zero-order chi connectivity index (χ0) is 16.7. The standard InChI is InChI=1S/C14H17Cl2NO5/c1-9(22-10-3-4-11(15)12(16)7-10)14(20)17(5-6-21-2)8-13(18)19/h3-4,7,9H,5-6,8H2,1-2H3,(H,18,19). The SMILES string of the molecule is COCCN(CC(=O)O)C(=O)C(C)Oc1ccc(Cl)c(Cl)c1. The summed E-state index contributed by atoms with van der Waals surface area (Å²) in [5, 5.41) is 9.54. The third-order valence-electron chi connectivity index (χ3n) is 2.75. The van der Waals surface area contributed by atoms with Crippen molar-refractivity contribution < 1.29 is 24.2 Å². The second kappa shape index (κ2) is 8.82. The molecule has 0 radical (unpaired) electrons. The van der Waals surface area contributed by atoms with Crippen molar-refractivity contribution in [2.24, 2.45) is 0 Å². The molecule has 1 N–H and O–H groups in total. The molecule has 1 rings (SSSR count). The maximum Gasteiger partial charge on any atom is 0.323 e. The molecule has 0 saturated heterocycles. The highest BCUT2D eigenvalue weighted by atomic mass is 35.5. The third kappa shape index (κ3) is 5.71. The van der Waals surface area contributed by atoms with Crippen LogP contribution in [0.2, 0.25) is 10.0 Å². The van der Waals surface area contributed by atoms with Gasteiger partial charge in [0.15, 0.2) is 6.10 Å². The first-order chi connectivity index (χ1) is 10.3. The van der Waals surface area contributed by atoms with E-state index in [1.54, 1.807) is 12.1 Å². The summed E-state index contributed by atoms with van der Waals surface area (Å²) in [6.45, 7) is 1.51. The number of carbonyl (C=O) groups is 2. The number of carboxylic acid groups (broad SMARTS) is 1. The maximum absolute atomic E-state index is 12.3. The molecule has 1 atom stereocenters. The van der Waals surface area contributed by atoms with Gasteiger partial charge in [0, 0.05) is 19.7 Å². The van der Waals surface area contributed by atoms with E-state index >= 15 is 0 Å². The molecule has 0 aliphatic carbocycles. The first kappa shape index (κ1) is 18.5. The number of hydrogen-bond acceptors (Lipinski definition) is 4. The Morgan fingerprint density at radius 2 is 2.00 bits per heavy atom. The summed E-state index contributed by atoms with van der Waals surface area (Å²) < 4.78 is 10.4. The average Bonchev–Trinajstić information content (AvgIpc) is 2.46. The highest BCUT2D eigenvalue weighted by molar-refractivity contribution is 6.42. The minimum absolute atomic E-state index is 0.163. The molecule has 0 spiro atoms. The molecule has 1 unspecified atom stereocenters. The van der Waals surface area contributed by atoms with Crippen LogP contribution in [0.4, 0.5) is 0 Å². The Bertz CT molecular complexity index is 538. The molecular weight excluding hydrogens is 333 g/mol. The van der Waals surface area contributed by atoms with E-state index in [0.717, 1.165) is 4.90 Å². The van der Waals surface area contributed by atoms with Crippen molar-refractivity contribution in [3.63, 3.8) is 0 Å². The molecule has 6 nitrogen and oxygen atoms in total. The summed E-state index contributed by atoms with van der Waals surface area (Å²) in [6, 6.07) is 4.62. The van der Waals surface area contributed by atoms with Crippen molar-refractivity contribution in [2.45, 2.75) is 13.0 Å². The van der Waals surface area contributed by atoms with Crippen LogP contribution in [0, 0.1) is 0 Å². The molecule has 0 aliphatic heterocycles. The molecule has 0 saturated carbocycles. The summed E-state index contributed by atoms with van der Waals surface area (Å²) in [7, 11) is 1.47. The van der Waals surface area contributed by atoms with E-state index in [-0.39, 0.29) is 13.2 Å². The van der Waals surface area contributed by atoms with Crippen molar-refractivity contribution in [1.29, 1.82) is 0 Å². The van der Waals surface area contributed by atoms with Crippen LogP contribution < -0.4 is 4.74 Å². The van der Waals surface area contributed by atoms with E-state index in [0.29, 0.717) is 15.8 Å². The molecule has 0 heterocycles. The van der Waals surface area contributed by atoms with Crippen LogP contribution >= 0.6 is 23.2 Å². The van der Waals surface area contributed by atoms with Crippen molar-refractivity contribution in [2.75, 3.05) is 26.8 Å². The van der Waals surface area contributed by atoms with Gasteiger partial charge in [-0.3, -0.25) is 9.59 Å². The molecule has 0 aromatic heterocycles. The van der Waals surface area contributed by atoms with Gasteiger partial charge in [0.2, 0.25) is 0 Å². The fourth-order valence-corrected chi connectivity index (χ4v) is 1.98. The quantitative estimate of drug-likeness (QED) is 0.779. The van der Waals surface area contributed by atoms with E-state index in [9.17, 15) is 9.59 Å². The predicted molar refractivity (Wildman–Crippen MR) is 82.6 cm³/mol. The molecule has 1 aromatic carbocycles. The Labute approximate surface area is 138 Å². The Balaban J connectivity index is 2.74. The lowest BCUT2D eigenvalue weighted by atomic mass is 10.3. The number of aliphatic carboxylic acids is 1. The number of nitrogens with zero attached hydrogens (tertiary/aromatic N) is 1. The van der Waals surface area contributed by atoms with Gasteiger partial charge in [-0.05, 0) is 19.1 Å². The van der Waals surface area contributed by atoms with Gasteiger partial charge in [0.25, 0.3) is 5.91 Å². The molecule has 0 aliphatic rings. The Hall–Kier alpha value is -1.50. The molecule has 0 fully saturated rings. The summed E-state index contributed by atoms with van der Waals surface area (Å²) in [5.41, 5.74) is 0. The van der Waals surface area contributed by atoms with Crippen LogP contribution in [-0.2, 0) is 14.3 Å². The topological polar surface area (TPSA) is 76.1 Å². The van der Waals surface area contributed by atoms with Gasteiger partial charge in [-0.25, -0.2) is 0 Å². The van der Waals surface area contributed by atoms with Crippen molar-refractivity contribution in [1.82, 2.24) is 4.90 Å². The monoisotopic (exact) mass is 349 g/mol. The smallest absolute Gasteiger partial charge is 0.323 e. The van der Waals surface area contributed by atoms with Crippen LogP contribution in [0.15, 0.2) is 18.2 Å². The van der Waals surface area contributed by atoms with Gasteiger partial charge in [0.05, 0.1) is 16.7 Å². The first-order valence-corrected chi connectivity index (χ1v) is 7.22. The number of amides is 1. The number of carbonyl (C=O) groups excluding carboxylic acids is 1. The van der Waals surface area contributed by atoms with E-state index < -0.39 is 24.5 Å². The Morgan fingerprint density at radius 1 is 1.32 bits per heavy atom. The normalized spacial score (nSPS) is 11.8. The van der Waals surface area contributed by atoms with Gasteiger partial charge in [0.1, 0.15) is 12.3 Å². The molecule has 1 aromatic rings. The fourth-order valence-electron chi connectivity index (χ4n) is 1.69. The molecule has 1 amide bonds. The molecule has 22 heavy (non-hydrogen) atoms. The molecule has 122 valence electrons. The van der Waals surface area contributed by atoms with Crippen molar-refractivity contribution >= 4 is 35.1 Å². The third-order valence-corrected chi connectivity index (χ3v) is 3.49. The molecular formula is C14H17Cl2NO5. The summed E-state index contributed by atoms with van der Waals surface area (Å²) in [5.74, 6) is -1.19. The largest absolute Gasteiger partial charge is 0.481 e. The van der Waals surface area contributed by atoms with Gasteiger partial charge in [-0.2, -0.15) is 0 Å². The van der Waals surface area contributed by atoms with Crippen LogP contribution in [-0.4, -0.2) is 54.8 Å². The van der Waals surface area contributed by atoms with Crippen LogP contribution in [0.1, 0.15) is 6.92 Å². The number of carboxylic acids is 1. The average molecular weight is 350 g/mol. The minimum atomic E-state index is -1.11. The molecule has 0 bridgehead atoms. The first-order valence-electron chi connectivity index (χ1n) is 6.46. The Morgan fingerprint density at radius 3 is 2.55 bits per heavy atom. The van der Waals surface area contributed by atoms with Crippen LogP contribution in [0.3, 0.4) is 0 Å². The maximum atomic E-state index is 12.3. The van der Waals surface area contributed by atoms with Crippen molar-refractivity contribution in [3.8, 4) is 5.75 Å². The molecule has 8 heteroatoms. The fraction of sp³-hybridized carbons (Fsp3) is 0.429. The number of halogens is 2. The summed E-state index contributed by atoms with van der Waals surface area (Å²) in [6.07, 6.45) is -0.867. The zero-order valence-corrected chi connectivity index (χ0v) is 13.7. The van der Waals surface area contributed by atoms with Gasteiger partial charge in [-0.1, -0.05) is 23.2 Å². The lowest BCUT2D eigenvalue weighted by molar-refractivity contribution is -0.148. The zero-order valence-electron chi connectivity index (χ0n) is 12.2. The number of methoxy groups -OCH3 is 1. The minimum Gasteiger partial charge on any atom is -0.481 e.